The van der Waals surface area contributed by atoms with Gasteiger partial charge >= 0.3 is 5.97 Å². The lowest BCUT2D eigenvalue weighted by atomic mass is 10.1. The summed E-state index contributed by atoms with van der Waals surface area (Å²) in [5.41, 5.74) is 0.916. The summed E-state index contributed by atoms with van der Waals surface area (Å²) in [6.07, 6.45) is 1.45. The Labute approximate surface area is 155 Å². The number of nitrogens with one attached hydrogen (secondary N) is 2. The molecule has 2 amide bonds. The van der Waals surface area contributed by atoms with Crippen LogP contribution in [0.3, 0.4) is 0 Å². The normalized spacial score (nSPS) is 12.2. The molecule has 2 aromatic rings. The van der Waals surface area contributed by atoms with E-state index < -0.39 is 23.8 Å². The Hall–Kier alpha value is -3.12. The molecule has 0 saturated heterocycles. The molecule has 0 aliphatic heterocycles. The number of benzene rings is 2. The van der Waals surface area contributed by atoms with Gasteiger partial charge in [-0.3, -0.25) is 14.4 Å². The molecule has 6 nitrogen and oxygen atoms in total. The van der Waals surface area contributed by atoms with Gasteiger partial charge in [0.05, 0.1) is 0 Å². The molecule has 0 aliphatic rings. The molecular weight excluding hydrogens is 356 g/mol. The molecule has 0 aliphatic carbocycles. The van der Waals surface area contributed by atoms with Crippen LogP contribution in [0.2, 0.25) is 5.02 Å². The maximum absolute atomic E-state index is 12.4. The number of hydrogen-bond donors (Lipinski definition) is 3. The number of amides is 2. The van der Waals surface area contributed by atoms with Crippen molar-refractivity contribution in [1.29, 1.82) is 0 Å². The summed E-state index contributed by atoms with van der Waals surface area (Å²) in [5.74, 6) is -2.37. The van der Waals surface area contributed by atoms with Crippen molar-refractivity contribution in [3.63, 3.8) is 0 Å². The third kappa shape index (κ3) is 5.46. The first-order chi connectivity index (χ1) is 12.4. The van der Waals surface area contributed by atoms with Crippen molar-refractivity contribution >= 4 is 35.5 Å². The molecule has 0 unspecified atom stereocenters. The van der Waals surface area contributed by atoms with Gasteiger partial charge in [0.25, 0.3) is 11.8 Å². The van der Waals surface area contributed by atoms with Crippen molar-refractivity contribution in [2.24, 2.45) is 0 Å². The van der Waals surface area contributed by atoms with E-state index in [9.17, 15) is 14.4 Å². The van der Waals surface area contributed by atoms with E-state index in [0.29, 0.717) is 16.1 Å². The summed E-state index contributed by atoms with van der Waals surface area (Å²) in [6, 6.07) is 13.9. The summed E-state index contributed by atoms with van der Waals surface area (Å²) in [7, 11) is 0. The predicted octanol–water partition coefficient (Wildman–Crippen LogP) is 2.70. The lowest BCUT2D eigenvalue weighted by molar-refractivity contribution is -0.140. The number of carbonyl (C=O) groups is 3. The van der Waals surface area contributed by atoms with E-state index in [1.165, 1.54) is 13.0 Å². The quantitative estimate of drug-likeness (QED) is 0.679. The van der Waals surface area contributed by atoms with E-state index >= 15 is 0 Å². The number of carboxylic acid groups (broad SMARTS) is 1. The predicted molar refractivity (Wildman–Crippen MR) is 98.6 cm³/mol. The molecule has 134 valence electrons. The maximum Gasteiger partial charge on any atom is 0.325 e. The van der Waals surface area contributed by atoms with Crippen molar-refractivity contribution in [3.8, 4) is 0 Å². The number of halogens is 1. The highest BCUT2D eigenvalue weighted by atomic mass is 35.5. The minimum atomic E-state index is -1.18. The van der Waals surface area contributed by atoms with Gasteiger partial charge in [0.2, 0.25) is 0 Å². The smallest absolute Gasteiger partial charge is 0.325 e. The average Bonchev–Trinajstić information content (AvgIpc) is 2.63. The zero-order chi connectivity index (χ0) is 19.1. The Morgan fingerprint density at radius 1 is 1.04 bits per heavy atom. The second-order valence-electron chi connectivity index (χ2n) is 5.46. The summed E-state index contributed by atoms with van der Waals surface area (Å²) >= 11 is 5.84. The van der Waals surface area contributed by atoms with Crippen LogP contribution in [0.25, 0.3) is 6.08 Å². The third-order valence-corrected chi connectivity index (χ3v) is 3.68. The summed E-state index contributed by atoms with van der Waals surface area (Å²) < 4.78 is 0. The summed E-state index contributed by atoms with van der Waals surface area (Å²) in [4.78, 5) is 35.7. The lowest BCUT2D eigenvalue weighted by Gasteiger charge is -2.13. The second-order valence-corrected chi connectivity index (χ2v) is 5.90. The number of carboxylic acids is 1. The molecule has 0 saturated carbocycles. The van der Waals surface area contributed by atoms with E-state index in [4.69, 9.17) is 16.7 Å². The van der Waals surface area contributed by atoms with Crippen molar-refractivity contribution in [2.75, 3.05) is 0 Å². The van der Waals surface area contributed by atoms with E-state index in [2.05, 4.69) is 10.6 Å². The minimum absolute atomic E-state index is 0.0747. The Morgan fingerprint density at radius 3 is 2.23 bits per heavy atom. The fraction of sp³-hybridized carbons (Fsp3) is 0.105. The molecular formula is C19H17ClN2O4. The molecule has 0 fully saturated rings. The molecule has 2 aromatic carbocycles. The average molecular weight is 373 g/mol. The van der Waals surface area contributed by atoms with Crippen molar-refractivity contribution in [3.05, 3.63) is 76.4 Å². The van der Waals surface area contributed by atoms with E-state index in [1.807, 2.05) is 0 Å². The van der Waals surface area contributed by atoms with Gasteiger partial charge in [-0.2, -0.15) is 0 Å². The molecule has 0 aromatic heterocycles. The zero-order valence-corrected chi connectivity index (χ0v) is 14.7. The molecule has 0 radical (unpaired) electrons. The van der Waals surface area contributed by atoms with Crippen LogP contribution in [0, 0.1) is 0 Å². The minimum Gasteiger partial charge on any atom is -0.480 e. The van der Waals surface area contributed by atoms with Gasteiger partial charge in [0, 0.05) is 10.6 Å². The Bertz CT molecular complexity index is 832. The zero-order valence-electron chi connectivity index (χ0n) is 13.9. The molecule has 7 heteroatoms. The van der Waals surface area contributed by atoms with Crippen LogP contribution < -0.4 is 10.6 Å². The number of aliphatic carboxylic acids is 1. The largest absolute Gasteiger partial charge is 0.480 e. The van der Waals surface area contributed by atoms with Gasteiger partial charge in [0.15, 0.2) is 0 Å². The highest BCUT2D eigenvalue weighted by Crippen LogP contribution is 2.12. The number of hydrogen-bond acceptors (Lipinski definition) is 3. The van der Waals surface area contributed by atoms with Crippen LogP contribution in [-0.4, -0.2) is 28.9 Å². The molecule has 0 spiro atoms. The SMILES string of the molecule is C[C@@H](NC(=O)/C(=C\c1ccc(Cl)cc1)NC(=O)c1ccccc1)C(=O)O. The first kappa shape index (κ1) is 19.2. The standard InChI is InChI=1S/C19H17ClN2O4/c1-12(19(25)26)21-18(24)16(11-13-7-9-15(20)10-8-13)22-17(23)14-5-3-2-4-6-14/h2-12H,1H3,(H,21,24)(H,22,23)(H,25,26)/b16-11+/t12-/m1/s1. The van der Waals surface area contributed by atoms with E-state index in [0.717, 1.165) is 0 Å². The molecule has 26 heavy (non-hydrogen) atoms. The van der Waals surface area contributed by atoms with Gasteiger partial charge in [-0.1, -0.05) is 41.9 Å². The highest BCUT2D eigenvalue weighted by Gasteiger charge is 2.19. The Balaban J connectivity index is 2.28. The van der Waals surface area contributed by atoms with Gasteiger partial charge in [-0.15, -0.1) is 0 Å². The molecule has 0 bridgehead atoms. The molecule has 2 rings (SSSR count). The van der Waals surface area contributed by atoms with Gasteiger partial charge < -0.3 is 15.7 Å². The third-order valence-electron chi connectivity index (χ3n) is 3.43. The van der Waals surface area contributed by atoms with Crippen LogP contribution in [0.15, 0.2) is 60.3 Å². The summed E-state index contributed by atoms with van der Waals surface area (Å²) in [6.45, 7) is 1.33. The number of carbonyl (C=O) groups excluding carboxylic acids is 2. The van der Waals surface area contributed by atoms with E-state index in [-0.39, 0.29) is 5.70 Å². The fourth-order valence-corrected chi connectivity index (χ4v) is 2.13. The van der Waals surface area contributed by atoms with Crippen LogP contribution in [-0.2, 0) is 9.59 Å². The van der Waals surface area contributed by atoms with Gasteiger partial charge in [0.1, 0.15) is 11.7 Å². The van der Waals surface area contributed by atoms with Crippen molar-refractivity contribution < 1.29 is 19.5 Å². The fourth-order valence-electron chi connectivity index (χ4n) is 2.00. The van der Waals surface area contributed by atoms with Crippen molar-refractivity contribution in [1.82, 2.24) is 10.6 Å². The Morgan fingerprint density at radius 2 is 1.65 bits per heavy atom. The topological polar surface area (TPSA) is 95.5 Å². The van der Waals surface area contributed by atoms with Crippen LogP contribution in [0.1, 0.15) is 22.8 Å². The van der Waals surface area contributed by atoms with E-state index in [1.54, 1.807) is 54.6 Å². The summed E-state index contributed by atoms with van der Waals surface area (Å²) in [5, 5.41) is 14.3. The maximum atomic E-state index is 12.4. The van der Waals surface area contributed by atoms with Gasteiger partial charge in [-0.05, 0) is 42.8 Å². The first-order valence-corrected chi connectivity index (χ1v) is 8.12. The molecule has 1 atom stereocenters. The molecule has 3 N–H and O–H groups in total. The van der Waals surface area contributed by atoms with Crippen LogP contribution >= 0.6 is 11.6 Å². The van der Waals surface area contributed by atoms with Crippen LogP contribution in [0.4, 0.5) is 0 Å². The monoisotopic (exact) mass is 372 g/mol. The number of rotatable bonds is 6. The highest BCUT2D eigenvalue weighted by molar-refractivity contribution is 6.30. The first-order valence-electron chi connectivity index (χ1n) is 7.74. The second kappa shape index (κ2) is 8.82. The Kier molecular flexibility index (Phi) is 6.52. The van der Waals surface area contributed by atoms with Crippen molar-refractivity contribution in [2.45, 2.75) is 13.0 Å². The lowest BCUT2D eigenvalue weighted by Crippen LogP contribution is -2.42. The van der Waals surface area contributed by atoms with Crippen LogP contribution in [0.5, 0.6) is 0 Å². The molecule has 0 heterocycles. The van der Waals surface area contributed by atoms with Gasteiger partial charge in [-0.25, -0.2) is 0 Å².